The van der Waals surface area contributed by atoms with Crippen molar-refractivity contribution in [3.8, 4) is 5.75 Å². The van der Waals surface area contributed by atoms with E-state index >= 15 is 0 Å². The Morgan fingerprint density at radius 1 is 1.12 bits per heavy atom. The van der Waals surface area contributed by atoms with Crippen molar-refractivity contribution in [1.82, 2.24) is 10.2 Å². The van der Waals surface area contributed by atoms with Crippen LogP contribution in [-0.2, 0) is 4.79 Å². The second-order valence-corrected chi connectivity index (χ2v) is 6.32. The number of aryl methyl sites for hydroxylation is 2. The molecule has 0 saturated carbocycles. The summed E-state index contributed by atoms with van der Waals surface area (Å²) < 4.78 is 5.82. The summed E-state index contributed by atoms with van der Waals surface area (Å²) in [6.45, 7) is 4.95. The van der Waals surface area contributed by atoms with Crippen molar-refractivity contribution in [3.05, 3.63) is 65.2 Å². The van der Waals surface area contributed by atoms with Gasteiger partial charge in [-0.3, -0.25) is 15.0 Å². The van der Waals surface area contributed by atoms with Crippen LogP contribution in [0.4, 0.5) is 4.79 Å². The molecule has 1 atom stereocenters. The monoisotopic (exact) mass is 355 g/mol. The number of amides is 3. The van der Waals surface area contributed by atoms with Crippen molar-refractivity contribution in [3.63, 3.8) is 0 Å². The smallest absolute Gasteiger partial charge is 0.318 e. The molecule has 2 aromatic carbocycles. The lowest BCUT2D eigenvalue weighted by molar-refractivity contribution is -0.125. The fourth-order valence-corrected chi connectivity index (χ4v) is 2.88. The van der Waals surface area contributed by atoms with Crippen LogP contribution in [0.5, 0.6) is 5.75 Å². The predicted molar refractivity (Wildman–Crippen MR) is 101 cm³/mol. The second-order valence-electron chi connectivity index (χ2n) is 6.32. The van der Waals surface area contributed by atoms with Crippen molar-refractivity contribution in [1.29, 1.82) is 0 Å². The maximum atomic E-state index is 12.4. The van der Waals surface area contributed by atoms with Gasteiger partial charge in [0.25, 0.3) is 0 Å². The number of likely N-dealkylation sites (N-methyl/N-ethyl adjacent to an activating group) is 1. The minimum absolute atomic E-state index is 0.409. The lowest BCUT2D eigenvalue weighted by Gasteiger charge is -2.27. The molecule has 0 aliphatic rings. The zero-order valence-corrected chi connectivity index (χ0v) is 15.4. The van der Waals surface area contributed by atoms with Gasteiger partial charge in [-0.15, -0.1) is 0 Å². The molecule has 1 unspecified atom stereocenters. The first-order valence-electron chi connectivity index (χ1n) is 8.43. The summed E-state index contributed by atoms with van der Waals surface area (Å²) in [5, 5.41) is 2.16. The van der Waals surface area contributed by atoms with Gasteiger partial charge in [0, 0.05) is 6.54 Å². The van der Waals surface area contributed by atoms with Gasteiger partial charge in [-0.05, 0) is 49.7 Å². The van der Waals surface area contributed by atoms with Gasteiger partial charge in [0.2, 0.25) is 5.91 Å². The number of ether oxygens (including phenoxy) is 1. The van der Waals surface area contributed by atoms with Gasteiger partial charge in [-0.1, -0.05) is 36.4 Å². The van der Waals surface area contributed by atoms with Gasteiger partial charge in [-0.2, -0.15) is 0 Å². The molecule has 2 aromatic rings. The molecule has 0 aliphatic heterocycles. The van der Waals surface area contributed by atoms with Crippen LogP contribution in [0, 0.1) is 13.8 Å². The van der Waals surface area contributed by atoms with E-state index < -0.39 is 18.0 Å². The standard InChI is InChI=1S/C20H25N3O3/c1-14-11-15(2)13-17(12-14)26-10-9-23(3)18(19(24)22-20(21)25)16-7-5-4-6-8-16/h4-8,11-13,18H,9-10H2,1-3H3,(H3,21,22,24,25). The number of carbonyl (C=O) groups excluding carboxylic acids is 2. The Hall–Kier alpha value is -2.86. The number of urea groups is 1. The summed E-state index contributed by atoms with van der Waals surface area (Å²) in [6.07, 6.45) is 0. The summed E-state index contributed by atoms with van der Waals surface area (Å²) in [6, 6.07) is 13.8. The number of primary amides is 1. The van der Waals surface area contributed by atoms with Crippen molar-refractivity contribution >= 4 is 11.9 Å². The first-order chi connectivity index (χ1) is 12.4. The Morgan fingerprint density at radius 3 is 2.31 bits per heavy atom. The van der Waals surface area contributed by atoms with E-state index in [-0.39, 0.29) is 0 Å². The number of hydrogen-bond acceptors (Lipinski definition) is 4. The summed E-state index contributed by atoms with van der Waals surface area (Å²) in [7, 11) is 1.81. The number of carbonyl (C=O) groups is 2. The van der Waals surface area contributed by atoms with Crippen LogP contribution in [0.25, 0.3) is 0 Å². The Balaban J connectivity index is 2.05. The fraction of sp³-hybridized carbons (Fsp3) is 0.300. The molecule has 2 rings (SSSR count). The normalized spacial score (nSPS) is 11.8. The minimum atomic E-state index is -0.865. The van der Waals surface area contributed by atoms with Gasteiger partial charge in [0.15, 0.2) is 0 Å². The number of benzene rings is 2. The molecular formula is C20H25N3O3. The van der Waals surface area contributed by atoms with Gasteiger partial charge < -0.3 is 10.5 Å². The molecule has 0 bridgehead atoms. The molecule has 0 aliphatic carbocycles. The van der Waals surface area contributed by atoms with Crippen LogP contribution in [0.15, 0.2) is 48.5 Å². The average molecular weight is 355 g/mol. The average Bonchev–Trinajstić information content (AvgIpc) is 2.54. The summed E-state index contributed by atoms with van der Waals surface area (Å²) in [5.41, 5.74) is 8.15. The molecular weight excluding hydrogens is 330 g/mol. The number of nitrogens with one attached hydrogen (secondary N) is 1. The third-order valence-corrected chi connectivity index (χ3v) is 3.96. The predicted octanol–water partition coefficient (Wildman–Crippen LogP) is 2.55. The van der Waals surface area contributed by atoms with E-state index in [9.17, 15) is 9.59 Å². The maximum absolute atomic E-state index is 12.4. The molecule has 0 saturated heterocycles. The Morgan fingerprint density at radius 2 is 1.73 bits per heavy atom. The van der Waals surface area contributed by atoms with E-state index in [4.69, 9.17) is 10.5 Å². The highest BCUT2D eigenvalue weighted by molar-refractivity contribution is 5.96. The van der Waals surface area contributed by atoms with Crippen LogP contribution in [-0.4, -0.2) is 37.0 Å². The SMILES string of the molecule is Cc1cc(C)cc(OCCN(C)C(C(=O)NC(N)=O)c2ccccc2)c1. The van der Waals surface area contributed by atoms with Crippen LogP contribution in [0.3, 0.4) is 0 Å². The number of nitrogens with zero attached hydrogens (tertiary/aromatic N) is 1. The molecule has 3 N–H and O–H groups in total. The lowest BCUT2D eigenvalue weighted by Crippen LogP contribution is -2.44. The Bertz CT molecular complexity index is 742. The number of imide groups is 1. The lowest BCUT2D eigenvalue weighted by atomic mass is 10.0. The van der Waals surface area contributed by atoms with Crippen molar-refractivity contribution in [2.24, 2.45) is 5.73 Å². The van der Waals surface area contributed by atoms with E-state index in [1.807, 2.05) is 68.3 Å². The first kappa shape index (κ1) is 19.5. The molecule has 6 nitrogen and oxygen atoms in total. The van der Waals surface area contributed by atoms with E-state index in [0.717, 1.165) is 22.4 Å². The van der Waals surface area contributed by atoms with Crippen molar-refractivity contribution in [2.75, 3.05) is 20.2 Å². The molecule has 6 heteroatoms. The fourth-order valence-electron chi connectivity index (χ4n) is 2.88. The van der Waals surface area contributed by atoms with Gasteiger partial charge in [-0.25, -0.2) is 4.79 Å². The quantitative estimate of drug-likeness (QED) is 0.799. The number of rotatable bonds is 7. The van der Waals surface area contributed by atoms with Crippen LogP contribution in [0.2, 0.25) is 0 Å². The number of nitrogens with two attached hydrogens (primary N) is 1. The minimum Gasteiger partial charge on any atom is -0.492 e. The van der Waals surface area contributed by atoms with E-state index in [1.54, 1.807) is 0 Å². The molecule has 0 radical (unpaired) electrons. The zero-order valence-electron chi connectivity index (χ0n) is 15.4. The highest BCUT2D eigenvalue weighted by Crippen LogP contribution is 2.20. The van der Waals surface area contributed by atoms with Crippen molar-refractivity contribution < 1.29 is 14.3 Å². The summed E-state index contributed by atoms with van der Waals surface area (Å²) in [4.78, 5) is 25.3. The Labute approximate surface area is 153 Å². The van der Waals surface area contributed by atoms with Crippen LogP contribution in [0.1, 0.15) is 22.7 Å². The van der Waals surface area contributed by atoms with E-state index in [2.05, 4.69) is 11.4 Å². The highest BCUT2D eigenvalue weighted by atomic mass is 16.5. The highest BCUT2D eigenvalue weighted by Gasteiger charge is 2.25. The third kappa shape index (κ3) is 5.60. The molecule has 0 aromatic heterocycles. The van der Waals surface area contributed by atoms with E-state index in [1.165, 1.54) is 0 Å². The Kier molecular flexibility index (Phi) is 6.74. The van der Waals surface area contributed by atoms with Crippen molar-refractivity contribution in [2.45, 2.75) is 19.9 Å². The van der Waals surface area contributed by atoms with Gasteiger partial charge in [0.05, 0.1) is 0 Å². The molecule has 3 amide bonds. The molecule has 26 heavy (non-hydrogen) atoms. The topological polar surface area (TPSA) is 84.7 Å². The zero-order chi connectivity index (χ0) is 19.1. The van der Waals surface area contributed by atoms with Gasteiger partial charge in [0.1, 0.15) is 18.4 Å². The first-order valence-corrected chi connectivity index (χ1v) is 8.43. The molecule has 0 fully saturated rings. The molecule has 0 spiro atoms. The maximum Gasteiger partial charge on any atom is 0.318 e. The largest absolute Gasteiger partial charge is 0.492 e. The van der Waals surface area contributed by atoms with E-state index in [0.29, 0.717) is 13.2 Å². The van der Waals surface area contributed by atoms with Crippen LogP contribution < -0.4 is 15.8 Å². The van der Waals surface area contributed by atoms with Gasteiger partial charge >= 0.3 is 6.03 Å². The second kappa shape index (κ2) is 9.01. The number of hydrogen-bond donors (Lipinski definition) is 2. The van der Waals surface area contributed by atoms with Crippen LogP contribution >= 0.6 is 0 Å². The third-order valence-electron chi connectivity index (χ3n) is 3.96. The summed E-state index contributed by atoms with van der Waals surface area (Å²) >= 11 is 0. The summed E-state index contributed by atoms with van der Waals surface area (Å²) in [5.74, 6) is 0.339. The molecule has 0 heterocycles. The molecule has 138 valence electrons.